The number of anilines is 1. The Bertz CT molecular complexity index is 589. The van der Waals surface area contributed by atoms with Gasteiger partial charge in [0.2, 0.25) is 0 Å². The lowest BCUT2D eigenvalue weighted by Crippen LogP contribution is -2.34. The van der Waals surface area contributed by atoms with E-state index in [4.69, 9.17) is 0 Å². The van der Waals surface area contributed by atoms with Crippen LogP contribution in [0.5, 0.6) is 0 Å². The predicted octanol–water partition coefficient (Wildman–Crippen LogP) is 4.42. The molecule has 2 aromatic rings. The maximum absolute atomic E-state index is 13.8. The lowest BCUT2D eigenvalue weighted by atomic mass is 9.90. The second-order valence-electron chi connectivity index (χ2n) is 5.72. The van der Waals surface area contributed by atoms with E-state index in [1.807, 2.05) is 11.0 Å². The average Bonchev–Trinajstić information content (AvgIpc) is 2.49. The summed E-state index contributed by atoms with van der Waals surface area (Å²) in [6.07, 6.45) is 3.18. The normalized spacial score (nSPS) is 16.2. The molecule has 1 aliphatic heterocycles. The van der Waals surface area contributed by atoms with Crippen LogP contribution in [-0.4, -0.2) is 13.1 Å². The molecule has 0 radical (unpaired) electrons. The molecule has 0 spiro atoms. The van der Waals surface area contributed by atoms with E-state index in [0.29, 0.717) is 11.6 Å². The van der Waals surface area contributed by atoms with Crippen LogP contribution >= 0.6 is 0 Å². The highest BCUT2D eigenvalue weighted by atomic mass is 19.1. The van der Waals surface area contributed by atoms with Crippen molar-refractivity contribution in [1.29, 1.82) is 0 Å². The average molecular weight is 287 g/mol. The number of hydrogen-bond donors (Lipinski definition) is 0. The lowest BCUT2D eigenvalue weighted by Gasteiger charge is -2.33. The van der Waals surface area contributed by atoms with E-state index in [0.717, 1.165) is 38.4 Å². The molecule has 0 amide bonds. The van der Waals surface area contributed by atoms with E-state index in [2.05, 4.69) is 24.3 Å². The van der Waals surface area contributed by atoms with E-state index >= 15 is 0 Å². The molecule has 1 saturated heterocycles. The van der Waals surface area contributed by atoms with Gasteiger partial charge in [-0.25, -0.2) is 8.78 Å². The summed E-state index contributed by atoms with van der Waals surface area (Å²) in [5.41, 5.74) is 1.89. The number of nitrogens with zero attached hydrogens (tertiary/aromatic N) is 1. The van der Waals surface area contributed by atoms with E-state index in [1.165, 1.54) is 11.6 Å². The summed E-state index contributed by atoms with van der Waals surface area (Å²) < 4.78 is 26.8. The molecule has 110 valence electrons. The highest BCUT2D eigenvalue weighted by molar-refractivity contribution is 5.48. The van der Waals surface area contributed by atoms with Crippen LogP contribution in [-0.2, 0) is 6.42 Å². The summed E-state index contributed by atoms with van der Waals surface area (Å²) in [6, 6.07) is 14.3. The van der Waals surface area contributed by atoms with Crippen molar-refractivity contribution in [3.63, 3.8) is 0 Å². The van der Waals surface area contributed by atoms with Crippen LogP contribution < -0.4 is 4.90 Å². The van der Waals surface area contributed by atoms with Crippen LogP contribution in [0.1, 0.15) is 18.4 Å². The predicted molar refractivity (Wildman–Crippen MR) is 81.4 cm³/mol. The molecule has 0 aliphatic carbocycles. The van der Waals surface area contributed by atoms with Crippen LogP contribution in [0.25, 0.3) is 0 Å². The Morgan fingerprint density at radius 3 is 2.33 bits per heavy atom. The first-order chi connectivity index (χ1) is 10.2. The fraction of sp³-hybridized carbons (Fsp3) is 0.333. The Morgan fingerprint density at radius 2 is 1.67 bits per heavy atom. The van der Waals surface area contributed by atoms with Gasteiger partial charge in [-0.15, -0.1) is 0 Å². The number of hydrogen-bond acceptors (Lipinski definition) is 1. The van der Waals surface area contributed by atoms with Crippen molar-refractivity contribution in [3.8, 4) is 0 Å². The van der Waals surface area contributed by atoms with Gasteiger partial charge in [-0.3, -0.25) is 0 Å². The molecule has 0 bridgehead atoms. The monoisotopic (exact) mass is 287 g/mol. The molecule has 0 saturated carbocycles. The van der Waals surface area contributed by atoms with E-state index < -0.39 is 11.6 Å². The molecule has 1 aliphatic rings. The lowest BCUT2D eigenvalue weighted by molar-refractivity contribution is 0.401. The third-order valence-electron chi connectivity index (χ3n) is 4.23. The van der Waals surface area contributed by atoms with Crippen LogP contribution in [0.2, 0.25) is 0 Å². The molecule has 0 unspecified atom stereocenters. The van der Waals surface area contributed by atoms with Crippen molar-refractivity contribution in [1.82, 2.24) is 0 Å². The molecule has 3 rings (SSSR count). The smallest absolute Gasteiger partial charge is 0.149 e. The van der Waals surface area contributed by atoms with Gasteiger partial charge in [0.15, 0.2) is 0 Å². The molecular weight excluding hydrogens is 268 g/mol. The van der Waals surface area contributed by atoms with Crippen molar-refractivity contribution in [2.24, 2.45) is 5.92 Å². The molecular formula is C18H19F2N. The maximum Gasteiger partial charge on any atom is 0.149 e. The first-order valence-electron chi connectivity index (χ1n) is 7.46. The van der Waals surface area contributed by atoms with Gasteiger partial charge in [0.25, 0.3) is 0 Å². The molecule has 21 heavy (non-hydrogen) atoms. The zero-order valence-corrected chi connectivity index (χ0v) is 11.9. The molecule has 0 N–H and O–H groups in total. The third-order valence-corrected chi connectivity index (χ3v) is 4.23. The van der Waals surface area contributed by atoms with Gasteiger partial charge in [-0.1, -0.05) is 30.3 Å². The molecule has 0 atom stereocenters. The number of rotatable bonds is 3. The Morgan fingerprint density at radius 1 is 0.952 bits per heavy atom. The summed E-state index contributed by atoms with van der Waals surface area (Å²) >= 11 is 0. The highest BCUT2D eigenvalue weighted by Gasteiger charge is 2.21. The largest absolute Gasteiger partial charge is 0.369 e. The van der Waals surface area contributed by atoms with Crippen molar-refractivity contribution in [2.75, 3.05) is 18.0 Å². The minimum Gasteiger partial charge on any atom is -0.369 e. The Hall–Kier alpha value is -1.90. The van der Waals surface area contributed by atoms with Crippen molar-refractivity contribution in [3.05, 3.63) is 65.7 Å². The van der Waals surface area contributed by atoms with Gasteiger partial charge in [0.05, 0.1) is 5.69 Å². The van der Waals surface area contributed by atoms with E-state index in [1.54, 1.807) is 6.07 Å². The summed E-state index contributed by atoms with van der Waals surface area (Å²) in [5.74, 6) is -0.334. The molecule has 1 nitrogen and oxygen atoms in total. The third kappa shape index (κ3) is 3.41. The second kappa shape index (κ2) is 6.25. The minimum atomic E-state index is -0.518. The van der Waals surface area contributed by atoms with Gasteiger partial charge in [0.1, 0.15) is 11.6 Å². The fourth-order valence-electron chi connectivity index (χ4n) is 3.06. The van der Waals surface area contributed by atoms with Gasteiger partial charge in [-0.2, -0.15) is 0 Å². The standard InChI is InChI=1S/C18H19F2N/c19-16-6-7-18(17(20)13-16)21-10-8-15(9-11-21)12-14-4-2-1-3-5-14/h1-7,13,15H,8-12H2. The quantitative estimate of drug-likeness (QED) is 0.807. The minimum absolute atomic E-state index is 0.462. The SMILES string of the molecule is Fc1ccc(N2CCC(Cc3ccccc3)CC2)c(F)c1. The Kier molecular flexibility index (Phi) is 4.18. The van der Waals surface area contributed by atoms with E-state index in [-0.39, 0.29) is 0 Å². The van der Waals surface area contributed by atoms with Gasteiger partial charge < -0.3 is 4.90 Å². The second-order valence-corrected chi connectivity index (χ2v) is 5.72. The number of halogens is 2. The topological polar surface area (TPSA) is 3.24 Å². The van der Waals surface area contributed by atoms with Crippen molar-refractivity contribution in [2.45, 2.75) is 19.3 Å². The van der Waals surface area contributed by atoms with Crippen LogP contribution in [0.15, 0.2) is 48.5 Å². The van der Waals surface area contributed by atoms with Gasteiger partial charge >= 0.3 is 0 Å². The van der Waals surface area contributed by atoms with Crippen LogP contribution in [0.4, 0.5) is 14.5 Å². The Labute approximate surface area is 124 Å². The molecule has 3 heteroatoms. The zero-order valence-electron chi connectivity index (χ0n) is 11.9. The zero-order chi connectivity index (χ0) is 14.7. The molecule has 0 aromatic heterocycles. The van der Waals surface area contributed by atoms with Crippen molar-refractivity contribution >= 4 is 5.69 Å². The Balaban J connectivity index is 1.60. The van der Waals surface area contributed by atoms with Gasteiger partial charge in [0, 0.05) is 19.2 Å². The molecule has 2 aromatic carbocycles. The van der Waals surface area contributed by atoms with Crippen LogP contribution in [0, 0.1) is 17.6 Å². The molecule has 1 fully saturated rings. The fourth-order valence-corrected chi connectivity index (χ4v) is 3.06. The van der Waals surface area contributed by atoms with Crippen molar-refractivity contribution < 1.29 is 8.78 Å². The number of benzene rings is 2. The maximum atomic E-state index is 13.8. The van der Waals surface area contributed by atoms with Gasteiger partial charge in [-0.05, 0) is 42.9 Å². The summed E-state index contributed by atoms with van der Waals surface area (Å²) in [4.78, 5) is 2.02. The first-order valence-corrected chi connectivity index (χ1v) is 7.46. The molecule has 1 heterocycles. The summed E-state index contributed by atoms with van der Waals surface area (Å²) in [7, 11) is 0. The van der Waals surface area contributed by atoms with Crippen LogP contribution in [0.3, 0.4) is 0 Å². The number of piperidine rings is 1. The first kappa shape index (κ1) is 14.1. The summed E-state index contributed by atoms with van der Waals surface area (Å²) in [6.45, 7) is 1.67. The highest BCUT2D eigenvalue weighted by Crippen LogP contribution is 2.27. The summed E-state index contributed by atoms with van der Waals surface area (Å²) in [5, 5.41) is 0. The van der Waals surface area contributed by atoms with E-state index in [9.17, 15) is 8.78 Å².